The molecule has 1 aliphatic rings. The van der Waals surface area contributed by atoms with Crippen molar-refractivity contribution in [1.82, 2.24) is 0 Å². The summed E-state index contributed by atoms with van der Waals surface area (Å²) in [4.78, 5) is 11.4. The number of carbonyl (C=O) groups is 1. The number of aromatic carboxylic acids is 1. The van der Waals surface area contributed by atoms with Gasteiger partial charge < -0.3 is 14.7 Å². The highest BCUT2D eigenvalue weighted by molar-refractivity contribution is 5.88. The van der Waals surface area contributed by atoms with E-state index >= 15 is 0 Å². The van der Waals surface area contributed by atoms with Crippen molar-refractivity contribution in [3.05, 3.63) is 29.3 Å². The van der Waals surface area contributed by atoms with Crippen LogP contribution in [0.25, 0.3) is 0 Å². The van der Waals surface area contributed by atoms with E-state index in [0.29, 0.717) is 12.1 Å². The Morgan fingerprint density at radius 3 is 2.33 bits per heavy atom. The molecule has 1 aromatic carbocycles. The van der Waals surface area contributed by atoms with E-state index in [1.807, 2.05) is 0 Å². The largest absolute Gasteiger partial charge is 0.477 e. The zero-order chi connectivity index (χ0) is 15.8. The maximum absolute atomic E-state index is 13.6. The average molecular weight is 311 g/mol. The van der Waals surface area contributed by atoms with Crippen molar-refractivity contribution in [3.8, 4) is 0 Å². The SMILES string of the molecule is O=C(O)c1c(F)cc(N2CCOCC2C(F)(F)F)cc1F. The van der Waals surface area contributed by atoms with Crippen LogP contribution in [0.1, 0.15) is 10.4 Å². The van der Waals surface area contributed by atoms with Gasteiger partial charge in [-0.2, -0.15) is 13.2 Å². The van der Waals surface area contributed by atoms with Crippen LogP contribution in [0.15, 0.2) is 12.1 Å². The van der Waals surface area contributed by atoms with Gasteiger partial charge >= 0.3 is 12.1 Å². The minimum atomic E-state index is -4.64. The summed E-state index contributed by atoms with van der Waals surface area (Å²) in [5, 5.41) is 8.64. The van der Waals surface area contributed by atoms with Crippen LogP contribution >= 0.6 is 0 Å². The Bertz CT molecular complexity index is 537. The standard InChI is InChI=1S/C12H10F5NO3/c13-7-3-6(4-8(14)10(7)11(19)20)18-1-2-21-5-9(18)12(15,16)17/h3-4,9H,1-2,5H2,(H,19,20). The number of alkyl halides is 3. The number of hydrogen-bond acceptors (Lipinski definition) is 3. The molecular formula is C12H10F5NO3. The molecule has 1 unspecified atom stereocenters. The molecule has 1 aromatic rings. The molecule has 116 valence electrons. The number of anilines is 1. The molecule has 4 nitrogen and oxygen atoms in total. The second-order valence-corrected chi connectivity index (χ2v) is 4.42. The van der Waals surface area contributed by atoms with Crippen LogP contribution in [-0.2, 0) is 4.74 Å². The number of nitrogens with zero attached hydrogens (tertiary/aromatic N) is 1. The molecule has 0 amide bonds. The third kappa shape index (κ3) is 3.07. The van der Waals surface area contributed by atoms with Gasteiger partial charge in [0.25, 0.3) is 0 Å². The molecule has 9 heteroatoms. The molecule has 21 heavy (non-hydrogen) atoms. The van der Waals surface area contributed by atoms with E-state index in [-0.39, 0.29) is 18.8 Å². The molecule has 1 N–H and O–H groups in total. The second kappa shape index (κ2) is 5.47. The zero-order valence-corrected chi connectivity index (χ0v) is 10.5. The first-order valence-corrected chi connectivity index (χ1v) is 5.85. The van der Waals surface area contributed by atoms with Gasteiger partial charge in [0, 0.05) is 12.2 Å². The molecule has 1 saturated heterocycles. The van der Waals surface area contributed by atoms with Gasteiger partial charge in [-0.3, -0.25) is 0 Å². The second-order valence-electron chi connectivity index (χ2n) is 4.42. The fraction of sp³-hybridized carbons (Fsp3) is 0.417. The molecule has 0 bridgehead atoms. The van der Waals surface area contributed by atoms with Crippen molar-refractivity contribution in [3.63, 3.8) is 0 Å². The van der Waals surface area contributed by atoms with Gasteiger partial charge in [-0.15, -0.1) is 0 Å². The predicted octanol–water partition coefficient (Wildman–Crippen LogP) is 2.43. The van der Waals surface area contributed by atoms with Crippen molar-refractivity contribution >= 4 is 11.7 Å². The Labute approximate surface area is 115 Å². The van der Waals surface area contributed by atoms with Gasteiger partial charge in [0.2, 0.25) is 0 Å². The van der Waals surface area contributed by atoms with Crippen LogP contribution in [0.5, 0.6) is 0 Å². The zero-order valence-electron chi connectivity index (χ0n) is 10.5. The van der Waals surface area contributed by atoms with Crippen LogP contribution in [0.3, 0.4) is 0 Å². The van der Waals surface area contributed by atoms with Crippen LogP contribution in [0, 0.1) is 11.6 Å². The Balaban J connectivity index is 2.43. The summed E-state index contributed by atoms with van der Waals surface area (Å²) in [7, 11) is 0. The van der Waals surface area contributed by atoms with E-state index < -0.39 is 42.0 Å². The number of benzene rings is 1. The van der Waals surface area contributed by atoms with Crippen molar-refractivity contribution in [2.24, 2.45) is 0 Å². The minimum absolute atomic E-state index is 0.0312. The lowest BCUT2D eigenvalue weighted by molar-refractivity contribution is -0.167. The molecule has 1 heterocycles. The highest BCUT2D eigenvalue weighted by atomic mass is 19.4. The lowest BCUT2D eigenvalue weighted by Crippen LogP contribution is -2.53. The third-order valence-corrected chi connectivity index (χ3v) is 3.08. The number of carboxylic acid groups (broad SMARTS) is 1. The van der Waals surface area contributed by atoms with Crippen molar-refractivity contribution in [2.75, 3.05) is 24.7 Å². The summed E-state index contributed by atoms with van der Waals surface area (Å²) >= 11 is 0. The Hall–Kier alpha value is -1.90. The molecular weight excluding hydrogens is 301 g/mol. The highest BCUT2D eigenvalue weighted by Gasteiger charge is 2.45. The van der Waals surface area contributed by atoms with Gasteiger partial charge in [0.1, 0.15) is 23.2 Å². The molecule has 1 atom stereocenters. The maximum Gasteiger partial charge on any atom is 0.411 e. The van der Waals surface area contributed by atoms with Crippen LogP contribution in [0.4, 0.5) is 27.6 Å². The summed E-state index contributed by atoms with van der Waals surface area (Å²) in [6.07, 6.45) is -4.64. The molecule has 1 fully saturated rings. The summed E-state index contributed by atoms with van der Waals surface area (Å²) in [6.45, 7) is -0.903. The number of ether oxygens (including phenoxy) is 1. The van der Waals surface area contributed by atoms with Gasteiger partial charge in [0.15, 0.2) is 0 Å². The molecule has 0 radical (unpaired) electrons. The Morgan fingerprint density at radius 1 is 1.29 bits per heavy atom. The fourth-order valence-corrected chi connectivity index (χ4v) is 2.11. The lowest BCUT2D eigenvalue weighted by Gasteiger charge is -2.38. The minimum Gasteiger partial charge on any atom is -0.477 e. The van der Waals surface area contributed by atoms with E-state index in [9.17, 15) is 26.7 Å². The molecule has 1 aliphatic heterocycles. The number of carboxylic acids is 1. The van der Waals surface area contributed by atoms with Crippen LogP contribution < -0.4 is 4.90 Å². The van der Waals surface area contributed by atoms with E-state index in [1.54, 1.807) is 0 Å². The van der Waals surface area contributed by atoms with E-state index in [2.05, 4.69) is 0 Å². The summed E-state index contributed by atoms with van der Waals surface area (Å²) in [6, 6.07) is -0.881. The van der Waals surface area contributed by atoms with Gasteiger partial charge in [-0.05, 0) is 12.1 Å². The first-order chi connectivity index (χ1) is 9.71. The smallest absolute Gasteiger partial charge is 0.411 e. The van der Waals surface area contributed by atoms with E-state index in [4.69, 9.17) is 9.84 Å². The normalized spacial score (nSPS) is 19.7. The third-order valence-electron chi connectivity index (χ3n) is 3.08. The topological polar surface area (TPSA) is 49.8 Å². The predicted molar refractivity (Wildman–Crippen MR) is 61.3 cm³/mol. The van der Waals surface area contributed by atoms with Crippen LogP contribution in [0.2, 0.25) is 0 Å². The van der Waals surface area contributed by atoms with E-state index in [0.717, 1.165) is 4.90 Å². The van der Waals surface area contributed by atoms with Gasteiger partial charge in [-0.1, -0.05) is 0 Å². The van der Waals surface area contributed by atoms with E-state index in [1.165, 1.54) is 0 Å². The molecule has 0 aromatic heterocycles. The lowest BCUT2D eigenvalue weighted by atomic mass is 10.1. The Kier molecular flexibility index (Phi) is 4.04. The maximum atomic E-state index is 13.6. The van der Waals surface area contributed by atoms with Crippen LogP contribution in [-0.4, -0.2) is 43.1 Å². The van der Waals surface area contributed by atoms with Crippen molar-refractivity contribution in [2.45, 2.75) is 12.2 Å². The monoisotopic (exact) mass is 311 g/mol. The first kappa shape index (κ1) is 15.5. The number of rotatable bonds is 2. The summed E-state index contributed by atoms with van der Waals surface area (Å²) in [5.41, 5.74) is -1.57. The van der Waals surface area contributed by atoms with Crippen molar-refractivity contribution in [1.29, 1.82) is 0 Å². The van der Waals surface area contributed by atoms with Crippen molar-refractivity contribution < 1.29 is 36.6 Å². The summed E-state index contributed by atoms with van der Waals surface area (Å²) < 4.78 is 70.5. The fourth-order valence-electron chi connectivity index (χ4n) is 2.11. The molecule has 0 aliphatic carbocycles. The number of morpholine rings is 1. The highest BCUT2D eigenvalue weighted by Crippen LogP contribution is 2.32. The van der Waals surface area contributed by atoms with Gasteiger partial charge in [0.05, 0.1) is 13.2 Å². The number of halogens is 5. The number of hydrogen-bond donors (Lipinski definition) is 1. The molecule has 0 spiro atoms. The molecule has 0 saturated carbocycles. The first-order valence-electron chi connectivity index (χ1n) is 5.85. The molecule has 2 rings (SSSR count). The quantitative estimate of drug-likeness (QED) is 0.852. The summed E-state index contributed by atoms with van der Waals surface area (Å²) in [5.74, 6) is -4.68. The van der Waals surface area contributed by atoms with Gasteiger partial charge in [-0.25, -0.2) is 13.6 Å². The average Bonchev–Trinajstić information content (AvgIpc) is 2.36. The Morgan fingerprint density at radius 2 is 1.86 bits per heavy atom.